The van der Waals surface area contributed by atoms with Crippen LogP contribution in [0.2, 0.25) is 0 Å². The van der Waals surface area contributed by atoms with Gasteiger partial charge in [0.1, 0.15) is 11.5 Å². The summed E-state index contributed by atoms with van der Waals surface area (Å²) in [6.07, 6.45) is 2.89. The van der Waals surface area contributed by atoms with E-state index in [4.69, 9.17) is 18.9 Å². The first-order chi connectivity index (χ1) is 16.0. The van der Waals surface area contributed by atoms with Gasteiger partial charge in [-0.25, -0.2) is 0 Å². The molecular weight excluding hydrogens is 422 g/mol. The van der Waals surface area contributed by atoms with E-state index in [-0.39, 0.29) is 19.1 Å². The summed E-state index contributed by atoms with van der Waals surface area (Å²) in [5.41, 5.74) is 2.98. The van der Waals surface area contributed by atoms with E-state index in [1.165, 1.54) is 7.11 Å². The number of rotatable bonds is 8. The van der Waals surface area contributed by atoms with E-state index in [0.717, 1.165) is 36.1 Å². The number of hydrogen-bond donors (Lipinski definition) is 2. The zero-order valence-corrected chi connectivity index (χ0v) is 19.1. The second-order valence-corrected chi connectivity index (χ2v) is 8.79. The van der Waals surface area contributed by atoms with Gasteiger partial charge in [-0.2, -0.15) is 5.26 Å². The largest absolute Gasteiger partial charge is 0.497 e. The first-order valence-electron chi connectivity index (χ1n) is 11.4. The van der Waals surface area contributed by atoms with Crippen LogP contribution in [0.4, 0.5) is 0 Å². The third-order valence-corrected chi connectivity index (χ3v) is 6.57. The minimum atomic E-state index is -1.28. The van der Waals surface area contributed by atoms with Crippen LogP contribution in [-0.2, 0) is 21.7 Å². The van der Waals surface area contributed by atoms with Crippen LogP contribution in [-0.4, -0.2) is 49.4 Å². The Morgan fingerprint density at radius 1 is 1.18 bits per heavy atom. The van der Waals surface area contributed by atoms with Crippen molar-refractivity contribution in [2.24, 2.45) is 0 Å². The molecule has 1 aliphatic carbocycles. The normalized spacial score (nSPS) is 25.2. The zero-order valence-electron chi connectivity index (χ0n) is 19.1. The van der Waals surface area contributed by atoms with Gasteiger partial charge < -0.3 is 29.2 Å². The third-order valence-electron chi connectivity index (χ3n) is 6.57. The van der Waals surface area contributed by atoms with Crippen molar-refractivity contribution in [3.05, 3.63) is 58.7 Å². The predicted octanol–water partition coefficient (Wildman–Crippen LogP) is 3.42. The molecule has 7 nitrogen and oxygen atoms in total. The van der Waals surface area contributed by atoms with Gasteiger partial charge in [-0.15, -0.1) is 0 Å². The Labute approximate surface area is 194 Å². The second kappa shape index (κ2) is 10.1. The highest BCUT2D eigenvalue weighted by Crippen LogP contribution is 2.45. The first-order valence-corrected chi connectivity index (χ1v) is 11.4. The molecule has 0 bridgehead atoms. The van der Waals surface area contributed by atoms with Crippen LogP contribution in [0.15, 0.2) is 36.4 Å². The van der Waals surface area contributed by atoms with Gasteiger partial charge in [0, 0.05) is 20.0 Å². The Hall–Kier alpha value is -2.63. The molecule has 176 valence electrons. The molecule has 7 heteroatoms. The number of ether oxygens (including phenoxy) is 4. The van der Waals surface area contributed by atoms with Crippen molar-refractivity contribution in [2.75, 3.05) is 20.8 Å². The summed E-state index contributed by atoms with van der Waals surface area (Å²) >= 11 is 0. The van der Waals surface area contributed by atoms with Gasteiger partial charge in [0.05, 0.1) is 49.2 Å². The summed E-state index contributed by atoms with van der Waals surface area (Å²) in [4.78, 5) is 0. The molecule has 2 aromatic carbocycles. The average molecular weight is 454 g/mol. The van der Waals surface area contributed by atoms with E-state index in [9.17, 15) is 15.5 Å². The number of benzene rings is 2. The van der Waals surface area contributed by atoms with Crippen molar-refractivity contribution >= 4 is 0 Å². The molecule has 0 amide bonds. The van der Waals surface area contributed by atoms with Crippen LogP contribution >= 0.6 is 0 Å². The second-order valence-electron chi connectivity index (χ2n) is 8.79. The van der Waals surface area contributed by atoms with Crippen molar-refractivity contribution in [1.29, 1.82) is 5.26 Å². The van der Waals surface area contributed by atoms with E-state index in [1.54, 1.807) is 13.2 Å². The van der Waals surface area contributed by atoms with Gasteiger partial charge in [-0.1, -0.05) is 12.1 Å². The lowest BCUT2D eigenvalue weighted by molar-refractivity contribution is -0.299. The van der Waals surface area contributed by atoms with Gasteiger partial charge in [0.25, 0.3) is 0 Å². The minimum absolute atomic E-state index is 0.0822. The predicted molar refractivity (Wildman–Crippen MR) is 121 cm³/mol. The highest BCUT2D eigenvalue weighted by molar-refractivity contribution is 5.52. The molecule has 0 aromatic heterocycles. The molecule has 33 heavy (non-hydrogen) atoms. The van der Waals surface area contributed by atoms with Crippen molar-refractivity contribution in [1.82, 2.24) is 0 Å². The SMILES string of the molecule is COc1ccc(Cc2cc(C3(OC)CC(O)CC(CO)O3)c(OC3CCC3)cc2C#N)cc1. The monoisotopic (exact) mass is 453 g/mol. The fourth-order valence-electron chi connectivity index (χ4n) is 4.49. The summed E-state index contributed by atoms with van der Waals surface area (Å²) < 4.78 is 23.6. The molecule has 1 heterocycles. The Morgan fingerprint density at radius 3 is 2.52 bits per heavy atom. The van der Waals surface area contributed by atoms with Crippen LogP contribution in [0.25, 0.3) is 0 Å². The molecule has 3 atom stereocenters. The van der Waals surface area contributed by atoms with Crippen molar-refractivity contribution in [3.63, 3.8) is 0 Å². The minimum Gasteiger partial charge on any atom is -0.497 e. The lowest BCUT2D eigenvalue weighted by Gasteiger charge is -2.43. The van der Waals surface area contributed by atoms with Crippen LogP contribution in [0, 0.1) is 11.3 Å². The van der Waals surface area contributed by atoms with Crippen molar-refractivity contribution in [3.8, 4) is 17.6 Å². The summed E-state index contributed by atoms with van der Waals surface area (Å²) in [5, 5.41) is 30.2. The zero-order chi connectivity index (χ0) is 23.4. The van der Waals surface area contributed by atoms with Crippen molar-refractivity contribution in [2.45, 2.75) is 62.6 Å². The van der Waals surface area contributed by atoms with Gasteiger partial charge in [0.15, 0.2) is 0 Å². The molecule has 2 N–H and O–H groups in total. The number of hydrogen-bond acceptors (Lipinski definition) is 7. The van der Waals surface area contributed by atoms with E-state index in [1.807, 2.05) is 30.3 Å². The highest BCUT2D eigenvalue weighted by Gasteiger charge is 2.45. The average Bonchev–Trinajstić information content (AvgIpc) is 2.81. The van der Waals surface area contributed by atoms with Gasteiger partial charge in [-0.3, -0.25) is 0 Å². The van der Waals surface area contributed by atoms with Gasteiger partial charge >= 0.3 is 0 Å². The lowest BCUT2D eigenvalue weighted by atomic mass is 9.88. The molecular formula is C26H31NO6. The highest BCUT2D eigenvalue weighted by atomic mass is 16.7. The molecule has 1 aliphatic heterocycles. The van der Waals surface area contributed by atoms with Gasteiger partial charge in [0.2, 0.25) is 5.79 Å². The molecule has 3 unspecified atom stereocenters. The Bertz CT molecular complexity index is 997. The Kier molecular flexibility index (Phi) is 7.20. The molecule has 0 spiro atoms. The maximum absolute atomic E-state index is 10.5. The fraction of sp³-hybridized carbons (Fsp3) is 0.500. The smallest absolute Gasteiger partial charge is 0.201 e. The molecule has 1 saturated carbocycles. The van der Waals surface area contributed by atoms with Crippen LogP contribution < -0.4 is 9.47 Å². The van der Waals surface area contributed by atoms with Crippen LogP contribution in [0.1, 0.15) is 54.4 Å². The summed E-state index contributed by atoms with van der Waals surface area (Å²) in [6.45, 7) is -0.226. The summed E-state index contributed by atoms with van der Waals surface area (Å²) in [5.74, 6) is 0.0109. The number of methoxy groups -OCH3 is 2. The molecule has 4 rings (SSSR count). The molecule has 1 saturated heterocycles. The summed E-state index contributed by atoms with van der Waals surface area (Å²) in [7, 11) is 3.15. The van der Waals surface area contributed by atoms with Gasteiger partial charge in [-0.05, 0) is 61.1 Å². The molecule has 0 radical (unpaired) electrons. The maximum Gasteiger partial charge on any atom is 0.201 e. The quantitative estimate of drug-likeness (QED) is 0.632. The lowest BCUT2D eigenvalue weighted by Crippen LogP contribution is -2.47. The Balaban J connectivity index is 1.78. The maximum atomic E-state index is 10.5. The number of aliphatic hydroxyl groups excluding tert-OH is 2. The number of nitrogens with zero attached hydrogens (tertiary/aromatic N) is 1. The topological polar surface area (TPSA) is 101 Å². The Morgan fingerprint density at radius 2 is 1.94 bits per heavy atom. The van der Waals surface area contributed by atoms with E-state index in [2.05, 4.69) is 6.07 Å². The van der Waals surface area contributed by atoms with Crippen LogP contribution in [0.3, 0.4) is 0 Å². The van der Waals surface area contributed by atoms with Crippen LogP contribution in [0.5, 0.6) is 11.5 Å². The number of nitriles is 1. The molecule has 2 aromatic rings. The van der Waals surface area contributed by atoms with E-state index < -0.39 is 18.0 Å². The first kappa shape index (κ1) is 23.5. The summed E-state index contributed by atoms with van der Waals surface area (Å²) in [6, 6.07) is 13.7. The third kappa shape index (κ3) is 4.99. The molecule has 2 aliphatic rings. The fourth-order valence-corrected chi connectivity index (χ4v) is 4.49. The van der Waals surface area contributed by atoms with E-state index in [0.29, 0.717) is 29.7 Å². The van der Waals surface area contributed by atoms with E-state index >= 15 is 0 Å². The number of aliphatic hydroxyl groups is 2. The standard InChI is InChI=1S/C26H31NO6/c1-30-21-8-6-17(7-9-21)10-18-11-24(25(12-19(18)15-27)32-22-4-3-5-22)26(31-2)14-20(29)13-23(16-28)33-26/h6-9,11-12,20,22-23,28-29H,3-5,10,13-14,16H2,1-2H3. The molecule has 2 fully saturated rings. The van der Waals surface area contributed by atoms with Crippen molar-refractivity contribution < 1.29 is 29.2 Å².